The van der Waals surface area contributed by atoms with Gasteiger partial charge in [-0.3, -0.25) is 9.59 Å². The molecule has 6 nitrogen and oxygen atoms in total. The monoisotopic (exact) mass is 456 g/mol. The van der Waals surface area contributed by atoms with Crippen LogP contribution in [0.5, 0.6) is 5.75 Å². The first-order chi connectivity index (χ1) is 15.5. The molecule has 0 radical (unpaired) electrons. The van der Waals surface area contributed by atoms with Crippen LogP contribution < -0.4 is 15.4 Å². The largest absolute Gasteiger partial charge is 0.494 e. The smallest absolute Gasteiger partial charge is 0.224 e. The Morgan fingerprint density at radius 3 is 2.69 bits per heavy atom. The molecule has 2 heterocycles. The highest BCUT2D eigenvalue weighted by atomic mass is 35.5. The molecule has 170 valence electrons. The van der Waals surface area contributed by atoms with Gasteiger partial charge in [-0.1, -0.05) is 23.7 Å². The number of nitrogens with one attached hydrogen (secondary N) is 2. The van der Waals surface area contributed by atoms with Gasteiger partial charge in [0.25, 0.3) is 0 Å². The van der Waals surface area contributed by atoms with Crippen LogP contribution >= 0.6 is 11.6 Å². The Hall–Kier alpha value is -2.57. The topological polar surface area (TPSA) is 76.7 Å². The summed E-state index contributed by atoms with van der Waals surface area (Å²) < 4.78 is 11.4. The Morgan fingerprint density at radius 2 is 1.91 bits per heavy atom. The van der Waals surface area contributed by atoms with E-state index < -0.39 is 0 Å². The molecule has 7 heteroatoms. The van der Waals surface area contributed by atoms with Crippen molar-refractivity contribution in [2.24, 2.45) is 0 Å². The number of amides is 2. The molecule has 0 bridgehead atoms. The molecular formula is C25H29ClN2O4. The molecule has 0 atom stereocenters. The molecule has 4 rings (SSSR count). The van der Waals surface area contributed by atoms with Gasteiger partial charge in [0.2, 0.25) is 11.8 Å². The first kappa shape index (κ1) is 22.6. The van der Waals surface area contributed by atoms with Gasteiger partial charge in [0.1, 0.15) is 5.75 Å². The van der Waals surface area contributed by atoms with Crippen molar-refractivity contribution in [2.75, 3.05) is 31.7 Å². The van der Waals surface area contributed by atoms with Crippen LogP contribution in [0.15, 0.2) is 42.5 Å². The molecule has 1 saturated heterocycles. The van der Waals surface area contributed by atoms with Gasteiger partial charge in [-0.05, 0) is 67.1 Å². The average molecular weight is 457 g/mol. The van der Waals surface area contributed by atoms with Crippen molar-refractivity contribution in [1.82, 2.24) is 5.32 Å². The second-order valence-electron chi connectivity index (χ2n) is 8.50. The molecule has 2 aromatic carbocycles. The number of carbonyl (C=O) groups excluding carboxylic acids is 2. The highest BCUT2D eigenvalue weighted by molar-refractivity contribution is 6.30. The Morgan fingerprint density at radius 1 is 1.12 bits per heavy atom. The minimum atomic E-state index is -0.118. The Kier molecular flexibility index (Phi) is 7.33. The third kappa shape index (κ3) is 5.61. The first-order valence-electron chi connectivity index (χ1n) is 11.2. The SMILES string of the molecule is O=C(CCCOc1ccc2c(c1)CCC(=O)N2)NCC1(c2ccc(Cl)cc2)CCOCC1. The van der Waals surface area contributed by atoms with E-state index in [2.05, 4.69) is 22.8 Å². The van der Waals surface area contributed by atoms with Gasteiger partial charge in [-0.15, -0.1) is 0 Å². The maximum Gasteiger partial charge on any atom is 0.224 e. The maximum absolute atomic E-state index is 12.5. The van der Waals surface area contributed by atoms with Crippen molar-refractivity contribution in [2.45, 2.75) is 43.9 Å². The molecule has 0 aliphatic carbocycles. The summed E-state index contributed by atoms with van der Waals surface area (Å²) in [5.41, 5.74) is 3.02. The Bertz CT molecular complexity index is 955. The van der Waals surface area contributed by atoms with Crippen molar-refractivity contribution in [3.05, 3.63) is 58.6 Å². The Labute approximate surface area is 193 Å². The van der Waals surface area contributed by atoms with E-state index in [1.54, 1.807) is 0 Å². The third-order valence-electron chi connectivity index (χ3n) is 6.32. The van der Waals surface area contributed by atoms with Crippen molar-refractivity contribution < 1.29 is 19.1 Å². The molecule has 0 spiro atoms. The van der Waals surface area contributed by atoms with E-state index in [4.69, 9.17) is 21.1 Å². The maximum atomic E-state index is 12.5. The molecule has 2 aliphatic heterocycles. The van der Waals surface area contributed by atoms with E-state index in [0.29, 0.717) is 50.7 Å². The predicted molar refractivity (Wildman–Crippen MR) is 124 cm³/mol. The zero-order valence-electron chi connectivity index (χ0n) is 18.1. The first-order valence-corrected chi connectivity index (χ1v) is 11.6. The minimum absolute atomic E-state index is 0.0292. The van der Waals surface area contributed by atoms with Crippen LogP contribution in [-0.2, 0) is 26.2 Å². The fourth-order valence-corrected chi connectivity index (χ4v) is 4.49. The van der Waals surface area contributed by atoms with E-state index >= 15 is 0 Å². The van der Waals surface area contributed by atoms with Gasteiger partial charge in [-0.25, -0.2) is 0 Å². The van der Waals surface area contributed by atoms with Gasteiger partial charge in [0, 0.05) is 48.7 Å². The summed E-state index contributed by atoms with van der Waals surface area (Å²) in [4.78, 5) is 23.9. The fraction of sp³-hybridized carbons (Fsp3) is 0.440. The number of benzene rings is 2. The molecule has 2 aromatic rings. The number of carbonyl (C=O) groups is 2. The van der Waals surface area contributed by atoms with Gasteiger partial charge in [-0.2, -0.15) is 0 Å². The number of rotatable bonds is 8. The van der Waals surface area contributed by atoms with Gasteiger partial charge < -0.3 is 20.1 Å². The quantitative estimate of drug-likeness (QED) is 0.582. The summed E-state index contributed by atoms with van der Waals surface area (Å²) in [5.74, 6) is 0.849. The lowest BCUT2D eigenvalue weighted by molar-refractivity contribution is -0.121. The number of hydrogen-bond donors (Lipinski definition) is 2. The van der Waals surface area contributed by atoms with Crippen molar-refractivity contribution >= 4 is 29.1 Å². The predicted octanol–water partition coefficient (Wildman–Crippen LogP) is 4.25. The van der Waals surface area contributed by atoms with Crippen molar-refractivity contribution in [1.29, 1.82) is 0 Å². The van der Waals surface area contributed by atoms with Crippen LogP contribution in [0, 0.1) is 0 Å². The van der Waals surface area contributed by atoms with Crippen LogP contribution in [0.4, 0.5) is 5.69 Å². The highest BCUT2D eigenvalue weighted by Crippen LogP contribution is 2.35. The second-order valence-corrected chi connectivity index (χ2v) is 8.93. The van der Waals surface area contributed by atoms with Gasteiger partial charge in [0.05, 0.1) is 6.61 Å². The third-order valence-corrected chi connectivity index (χ3v) is 6.57. The fourth-order valence-electron chi connectivity index (χ4n) is 4.36. The molecule has 0 saturated carbocycles. The number of aryl methyl sites for hydroxylation is 1. The minimum Gasteiger partial charge on any atom is -0.494 e. The van der Waals surface area contributed by atoms with Crippen LogP contribution in [-0.4, -0.2) is 38.2 Å². The number of ether oxygens (including phenoxy) is 2. The molecule has 32 heavy (non-hydrogen) atoms. The molecular weight excluding hydrogens is 428 g/mol. The molecule has 1 fully saturated rings. The van der Waals surface area contributed by atoms with Crippen LogP contribution in [0.25, 0.3) is 0 Å². The van der Waals surface area contributed by atoms with E-state index in [1.165, 1.54) is 5.56 Å². The standard InChI is InChI=1S/C25H29ClN2O4/c26-20-6-4-19(5-7-20)25(11-14-31-15-12-25)17-27-23(29)2-1-13-32-21-8-9-22-18(16-21)3-10-24(30)28-22/h4-9,16H,1-3,10-15,17H2,(H,27,29)(H,28,30). The highest BCUT2D eigenvalue weighted by Gasteiger charge is 2.34. The summed E-state index contributed by atoms with van der Waals surface area (Å²) >= 11 is 6.06. The number of fused-ring (bicyclic) bond motifs is 1. The van der Waals surface area contributed by atoms with E-state index in [0.717, 1.165) is 36.3 Å². The summed E-state index contributed by atoms with van der Waals surface area (Å²) in [6.07, 6.45) is 4.01. The normalized spacial score (nSPS) is 17.2. The molecule has 2 amide bonds. The van der Waals surface area contributed by atoms with Crippen LogP contribution in [0.3, 0.4) is 0 Å². The summed E-state index contributed by atoms with van der Waals surface area (Å²) in [5, 5.41) is 6.70. The molecule has 0 aromatic heterocycles. The molecule has 0 unspecified atom stereocenters. The van der Waals surface area contributed by atoms with Crippen LogP contribution in [0.1, 0.15) is 43.2 Å². The Balaban J connectivity index is 1.24. The average Bonchev–Trinajstić information content (AvgIpc) is 2.81. The molecule has 2 aliphatic rings. The molecule has 2 N–H and O–H groups in total. The number of hydrogen-bond acceptors (Lipinski definition) is 4. The summed E-state index contributed by atoms with van der Waals surface area (Å²) in [6, 6.07) is 13.6. The van der Waals surface area contributed by atoms with Gasteiger partial charge in [0.15, 0.2) is 0 Å². The summed E-state index contributed by atoms with van der Waals surface area (Å²) in [6.45, 7) is 2.44. The lowest BCUT2D eigenvalue weighted by Gasteiger charge is -2.38. The summed E-state index contributed by atoms with van der Waals surface area (Å²) in [7, 11) is 0. The van der Waals surface area contributed by atoms with E-state index in [-0.39, 0.29) is 17.2 Å². The van der Waals surface area contributed by atoms with Crippen molar-refractivity contribution in [3.63, 3.8) is 0 Å². The zero-order chi connectivity index (χ0) is 22.4. The lowest BCUT2D eigenvalue weighted by atomic mass is 9.74. The zero-order valence-corrected chi connectivity index (χ0v) is 18.9. The van der Waals surface area contributed by atoms with Crippen molar-refractivity contribution in [3.8, 4) is 5.75 Å². The number of anilines is 1. The number of halogens is 1. The second kappa shape index (κ2) is 10.4. The lowest BCUT2D eigenvalue weighted by Crippen LogP contribution is -2.44. The van der Waals surface area contributed by atoms with Gasteiger partial charge >= 0.3 is 0 Å². The van der Waals surface area contributed by atoms with E-state index in [9.17, 15) is 9.59 Å². The van der Waals surface area contributed by atoms with Crippen LogP contribution in [0.2, 0.25) is 5.02 Å². The van der Waals surface area contributed by atoms with E-state index in [1.807, 2.05) is 30.3 Å².